The molecule has 132 valence electrons. The van der Waals surface area contributed by atoms with Crippen LogP contribution < -0.4 is 0 Å². The van der Waals surface area contributed by atoms with Gasteiger partial charge in [0.05, 0.1) is 5.75 Å². The van der Waals surface area contributed by atoms with Crippen LogP contribution in [0.15, 0.2) is 59.5 Å². The molecule has 0 aromatic heterocycles. The first-order chi connectivity index (χ1) is 12.2. The van der Waals surface area contributed by atoms with E-state index in [2.05, 4.69) is 13.8 Å². The van der Waals surface area contributed by atoms with Crippen molar-refractivity contribution in [2.75, 3.05) is 18.8 Å². The number of hydrogen-bond donors (Lipinski definition) is 0. The number of thioether (sulfide) groups is 1. The summed E-state index contributed by atoms with van der Waals surface area (Å²) in [4.78, 5) is 27.8. The van der Waals surface area contributed by atoms with E-state index < -0.39 is 0 Å². The molecule has 25 heavy (non-hydrogen) atoms. The molecule has 3 nitrogen and oxygen atoms in total. The van der Waals surface area contributed by atoms with Crippen molar-refractivity contribution in [2.45, 2.75) is 31.6 Å². The lowest BCUT2D eigenvalue weighted by Crippen LogP contribution is -2.32. The Balaban J connectivity index is 2.03. The number of rotatable bonds is 9. The number of carbonyl (C=O) groups is 2. The SMILES string of the molecule is CCCN(CCC)C(=O)c1cccc(SCC(=O)c2ccccc2)c1. The molecule has 2 aromatic carbocycles. The molecule has 0 bridgehead atoms. The summed E-state index contributed by atoms with van der Waals surface area (Å²) in [6, 6.07) is 16.9. The number of hydrogen-bond acceptors (Lipinski definition) is 3. The summed E-state index contributed by atoms with van der Waals surface area (Å²) >= 11 is 1.47. The van der Waals surface area contributed by atoms with E-state index in [-0.39, 0.29) is 11.7 Å². The van der Waals surface area contributed by atoms with Crippen LogP contribution in [-0.4, -0.2) is 35.4 Å². The van der Waals surface area contributed by atoms with Crippen LogP contribution in [-0.2, 0) is 0 Å². The molecule has 0 aliphatic heterocycles. The molecule has 0 atom stereocenters. The van der Waals surface area contributed by atoms with Crippen molar-refractivity contribution in [2.24, 2.45) is 0 Å². The van der Waals surface area contributed by atoms with Crippen molar-refractivity contribution < 1.29 is 9.59 Å². The zero-order chi connectivity index (χ0) is 18.1. The predicted molar refractivity (Wildman–Crippen MR) is 104 cm³/mol. The standard InChI is InChI=1S/C21H25NO2S/c1-3-13-22(14-4-2)21(24)18-11-8-12-19(15-18)25-16-20(23)17-9-6-5-7-10-17/h5-12,15H,3-4,13-14,16H2,1-2H3. The van der Waals surface area contributed by atoms with Gasteiger partial charge < -0.3 is 4.90 Å². The quantitative estimate of drug-likeness (QED) is 0.473. The molecule has 0 N–H and O–H groups in total. The van der Waals surface area contributed by atoms with E-state index >= 15 is 0 Å². The largest absolute Gasteiger partial charge is 0.339 e. The van der Waals surface area contributed by atoms with Crippen LogP contribution in [0.1, 0.15) is 47.4 Å². The van der Waals surface area contributed by atoms with Gasteiger partial charge in [-0.25, -0.2) is 0 Å². The van der Waals surface area contributed by atoms with Crippen LogP contribution in [0.2, 0.25) is 0 Å². The van der Waals surface area contributed by atoms with Crippen LogP contribution in [0.4, 0.5) is 0 Å². The summed E-state index contributed by atoms with van der Waals surface area (Å²) in [5.74, 6) is 0.538. The zero-order valence-corrected chi connectivity index (χ0v) is 15.7. The summed E-state index contributed by atoms with van der Waals surface area (Å²) in [5, 5.41) is 0. The molecule has 2 rings (SSSR count). The maximum atomic E-state index is 12.7. The van der Waals surface area contributed by atoms with Crippen LogP contribution in [0.25, 0.3) is 0 Å². The fourth-order valence-electron chi connectivity index (χ4n) is 2.61. The summed E-state index contributed by atoms with van der Waals surface area (Å²) in [7, 11) is 0. The Hall–Kier alpha value is -2.07. The van der Waals surface area contributed by atoms with Gasteiger partial charge >= 0.3 is 0 Å². The van der Waals surface area contributed by atoms with Crippen LogP contribution >= 0.6 is 11.8 Å². The third-order valence-corrected chi connectivity index (χ3v) is 4.81. The highest BCUT2D eigenvalue weighted by Crippen LogP contribution is 2.21. The molecule has 0 saturated heterocycles. The van der Waals surface area contributed by atoms with Crippen molar-refractivity contribution in [1.29, 1.82) is 0 Å². The molecular formula is C21H25NO2S. The Kier molecular flexibility index (Phi) is 7.74. The van der Waals surface area contributed by atoms with Gasteiger partial charge in [-0.05, 0) is 31.0 Å². The normalized spacial score (nSPS) is 10.5. The van der Waals surface area contributed by atoms with E-state index in [1.54, 1.807) is 0 Å². The van der Waals surface area contributed by atoms with Gasteiger partial charge in [-0.3, -0.25) is 9.59 Å². The van der Waals surface area contributed by atoms with Gasteiger partial charge in [-0.2, -0.15) is 0 Å². The number of amides is 1. The number of nitrogens with zero attached hydrogens (tertiary/aromatic N) is 1. The first-order valence-electron chi connectivity index (χ1n) is 8.76. The molecule has 0 radical (unpaired) electrons. The van der Waals surface area contributed by atoms with Crippen molar-refractivity contribution in [3.63, 3.8) is 0 Å². The molecule has 0 spiro atoms. The molecule has 0 heterocycles. The van der Waals surface area contributed by atoms with Crippen LogP contribution in [0, 0.1) is 0 Å². The number of ketones is 1. The average Bonchev–Trinajstić information content (AvgIpc) is 2.66. The minimum Gasteiger partial charge on any atom is -0.339 e. The van der Waals surface area contributed by atoms with Crippen LogP contribution in [0.3, 0.4) is 0 Å². The van der Waals surface area contributed by atoms with E-state index in [1.165, 1.54) is 11.8 Å². The third kappa shape index (κ3) is 5.75. The van der Waals surface area contributed by atoms with E-state index in [4.69, 9.17) is 0 Å². The average molecular weight is 356 g/mol. The van der Waals surface area contributed by atoms with E-state index in [9.17, 15) is 9.59 Å². The molecule has 0 saturated carbocycles. The fraction of sp³-hybridized carbons (Fsp3) is 0.333. The van der Waals surface area contributed by atoms with Crippen molar-refractivity contribution >= 4 is 23.5 Å². The van der Waals surface area contributed by atoms with Gasteiger partial charge in [0.1, 0.15) is 0 Å². The maximum Gasteiger partial charge on any atom is 0.253 e. The summed E-state index contributed by atoms with van der Waals surface area (Å²) in [5.41, 5.74) is 1.42. The summed E-state index contributed by atoms with van der Waals surface area (Å²) in [6.45, 7) is 5.71. The Morgan fingerprint density at radius 2 is 1.52 bits per heavy atom. The summed E-state index contributed by atoms with van der Waals surface area (Å²) in [6.07, 6.45) is 1.90. The topological polar surface area (TPSA) is 37.4 Å². The van der Waals surface area contributed by atoms with Gasteiger partial charge in [-0.1, -0.05) is 50.2 Å². The number of benzene rings is 2. The van der Waals surface area contributed by atoms with E-state index in [1.807, 2.05) is 59.5 Å². The molecule has 0 aliphatic carbocycles. The van der Waals surface area contributed by atoms with Crippen molar-refractivity contribution in [1.82, 2.24) is 4.90 Å². The first kappa shape index (κ1) is 19.3. The summed E-state index contributed by atoms with van der Waals surface area (Å²) < 4.78 is 0. The number of Topliss-reactive ketones (excluding diaryl/α,β-unsaturated/α-hetero) is 1. The monoisotopic (exact) mass is 355 g/mol. The molecule has 1 amide bonds. The lowest BCUT2D eigenvalue weighted by atomic mass is 10.2. The lowest BCUT2D eigenvalue weighted by Gasteiger charge is -2.21. The second-order valence-electron chi connectivity index (χ2n) is 5.90. The van der Waals surface area contributed by atoms with Crippen molar-refractivity contribution in [3.05, 3.63) is 65.7 Å². The highest BCUT2D eigenvalue weighted by Gasteiger charge is 2.15. The molecule has 0 aliphatic rings. The minimum absolute atomic E-state index is 0.0699. The van der Waals surface area contributed by atoms with Gasteiger partial charge in [-0.15, -0.1) is 11.8 Å². The third-order valence-electron chi connectivity index (χ3n) is 3.82. The van der Waals surface area contributed by atoms with E-state index in [0.29, 0.717) is 11.3 Å². The molecule has 0 fully saturated rings. The fourth-order valence-corrected chi connectivity index (χ4v) is 3.46. The Labute approximate surface area is 154 Å². The second kappa shape index (κ2) is 10.0. The van der Waals surface area contributed by atoms with Gasteiger partial charge in [0.25, 0.3) is 5.91 Å². The zero-order valence-electron chi connectivity index (χ0n) is 14.9. The van der Waals surface area contributed by atoms with Gasteiger partial charge in [0, 0.05) is 29.1 Å². The highest BCUT2D eigenvalue weighted by molar-refractivity contribution is 8.00. The molecular weight excluding hydrogens is 330 g/mol. The number of carbonyl (C=O) groups excluding carboxylic acids is 2. The Bertz CT molecular complexity index is 694. The molecule has 0 unspecified atom stereocenters. The molecule has 4 heteroatoms. The van der Waals surface area contributed by atoms with E-state index in [0.717, 1.165) is 36.4 Å². The second-order valence-corrected chi connectivity index (χ2v) is 6.95. The van der Waals surface area contributed by atoms with Crippen LogP contribution in [0.5, 0.6) is 0 Å². The smallest absolute Gasteiger partial charge is 0.253 e. The Morgan fingerprint density at radius 3 is 2.16 bits per heavy atom. The minimum atomic E-state index is 0.0699. The Morgan fingerprint density at radius 1 is 0.880 bits per heavy atom. The van der Waals surface area contributed by atoms with Gasteiger partial charge in [0.15, 0.2) is 5.78 Å². The lowest BCUT2D eigenvalue weighted by molar-refractivity contribution is 0.0755. The van der Waals surface area contributed by atoms with Crippen molar-refractivity contribution in [3.8, 4) is 0 Å². The highest BCUT2D eigenvalue weighted by atomic mass is 32.2. The predicted octanol–water partition coefficient (Wildman–Crippen LogP) is 4.92. The first-order valence-corrected chi connectivity index (χ1v) is 9.74. The van der Waals surface area contributed by atoms with Gasteiger partial charge in [0.2, 0.25) is 0 Å². The maximum absolute atomic E-state index is 12.7. The molecule has 2 aromatic rings.